The lowest BCUT2D eigenvalue weighted by Crippen LogP contribution is -2.35. The van der Waals surface area contributed by atoms with E-state index in [1.54, 1.807) is 16.4 Å². The molecule has 3 heterocycles. The van der Waals surface area contributed by atoms with Crippen LogP contribution in [0.15, 0.2) is 47.4 Å². The zero-order valence-electron chi connectivity index (χ0n) is 16.2. The Morgan fingerprint density at radius 3 is 2.67 bits per heavy atom. The number of halogens is 1. The average Bonchev–Trinajstić information content (AvgIpc) is 3.15. The van der Waals surface area contributed by atoms with E-state index in [0.717, 1.165) is 60.3 Å². The summed E-state index contributed by atoms with van der Waals surface area (Å²) in [5.74, 6) is -0.452. The van der Waals surface area contributed by atoms with Crippen molar-refractivity contribution >= 4 is 29.3 Å². The van der Waals surface area contributed by atoms with Gasteiger partial charge in [0.05, 0.1) is 24.6 Å². The zero-order valence-corrected chi connectivity index (χ0v) is 17.7. The predicted molar refractivity (Wildman–Crippen MR) is 117 cm³/mol. The van der Waals surface area contributed by atoms with Crippen LogP contribution in [0.3, 0.4) is 0 Å². The van der Waals surface area contributed by atoms with Crippen LogP contribution in [0.5, 0.6) is 0 Å². The number of fused-ring (bicyclic) bond motifs is 3. The Hall–Kier alpha value is -2.32. The topological polar surface area (TPSA) is 67.6 Å². The van der Waals surface area contributed by atoms with Crippen molar-refractivity contribution in [2.24, 2.45) is 0 Å². The molecule has 0 amide bonds. The van der Waals surface area contributed by atoms with Gasteiger partial charge in [0.25, 0.3) is 0 Å². The number of ether oxygens (including phenoxy) is 1. The van der Waals surface area contributed by atoms with Gasteiger partial charge in [0.2, 0.25) is 0 Å². The number of carboxylic acid groups (broad SMARTS) is 1. The largest absolute Gasteiger partial charge is 0.476 e. The summed E-state index contributed by atoms with van der Waals surface area (Å²) in [4.78, 5) is 15.2. The molecule has 0 aliphatic carbocycles. The molecule has 0 spiro atoms. The molecule has 0 atom stereocenters. The standard InChI is InChI=1S/C22H20ClN3O3S/c23-15-3-6-17-19(11-15)30-13-18-20(22(27)28)24-26(21(17)18)16-4-1-14(2-5-16)12-25-7-9-29-10-8-25/h1-6,11H,7-10,12-13H2,(H,27,28). The first-order chi connectivity index (χ1) is 14.6. The normalized spacial score (nSPS) is 16.2. The van der Waals surface area contributed by atoms with Gasteiger partial charge in [-0.1, -0.05) is 29.8 Å². The van der Waals surface area contributed by atoms with Crippen LogP contribution in [0.2, 0.25) is 5.02 Å². The molecule has 1 N–H and O–H groups in total. The number of benzene rings is 2. The van der Waals surface area contributed by atoms with Crippen molar-refractivity contribution in [1.82, 2.24) is 14.7 Å². The van der Waals surface area contributed by atoms with Crippen molar-refractivity contribution in [2.75, 3.05) is 26.3 Å². The Morgan fingerprint density at radius 1 is 1.17 bits per heavy atom. The average molecular weight is 442 g/mol. The summed E-state index contributed by atoms with van der Waals surface area (Å²) in [5, 5.41) is 14.8. The molecule has 0 unspecified atom stereocenters. The van der Waals surface area contributed by atoms with Crippen molar-refractivity contribution in [2.45, 2.75) is 17.2 Å². The van der Waals surface area contributed by atoms with Crippen LogP contribution < -0.4 is 0 Å². The molecule has 2 aliphatic rings. The Balaban J connectivity index is 1.53. The van der Waals surface area contributed by atoms with Gasteiger partial charge >= 0.3 is 5.97 Å². The molecule has 0 bridgehead atoms. The van der Waals surface area contributed by atoms with Crippen LogP contribution in [0.1, 0.15) is 21.6 Å². The molecule has 6 nitrogen and oxygen atoms in total. The highest BCUT2D eigenvalue weighted by molar-refractivity contribution is 7.98. The highest BCUT2D eigenvalue weighted by Gasteiger charge is 2.29. The Kier molecular flexibility index (Phi) is 5.28. The van der Waals surface area contributed by atoms with Gasteiger partial charge < -0.3 is 9.84 Å². The van der Waals surface area contributed by atoms with E-state index in [9.17, 15) is 9.90 Å². The Labute approximate surface area is 183 Å². The Bertz CT molecular complexity index is 1110. The highest BCUT2D eigenvalue weighted by atomic mass is 35.5. The number of morpholine rings is 1. The molecular formula is C22H20ClN3O3S. The van der Waals surface area contributed by atoms with Crippen molar-refractivity contribution in [3.05, 3.63) is 64.3 Å². The number of carbonyl (C=O) groups is 1. The number of thioether (sulfide) groups is 1. The molecule has 8 heteroatoms. The molecule has 1 saturated heterocycles. The molecular weight excluding hydrogens is 422 g/mol. The van der Waals surface area contributed by atoms with E-state index in [4.69, 9.17) is 16.3 Å². The molecule has 0 saturated carbocycles. The summed E-state index contributed by atoms with van der Waals surface area (Å²) >= 11 is 7.76. The molecule has 5 rings (SSSR count). The molecule has 2 aliphatic heterocycles. The van der Waals surface area contributed by atoms with Crippen LogP contribution in [0.25, 0.3) is 16.9 Å². The van der Waals surface area contributed by atoms with Crippen LogP contribution >= 0.6 is 23.4 Å². The SMILES string of the molecule is O=C(O)c1nn(-c2ccc(CN3CCOCC3)cc2)c2c1CSc1cc(Cl)ccc1-2. The summed E-state index contributed by atoms with van der Waals surface area (Å²) in [5.41, 5.74) is 4.71. The minimum absolute atomic E-state index is 0.107. The summed E-state index contributed by atoms with van der Waals surface area (Å²) < 4.78 is 7.17. The second-order valence-corrected chi connectivity index (χ2v) is 8.83. The van der Waals surface area contributed by atoms with Gasteiger partial charge in [0.1, 0.15) is 0 Å². The summed E-state index contributed by atoms with van der Waals surface area (Å²) in [6.07, 6.45) is 0. The lowest BCUT2D eigenvalue weighted by Gasteiger charge is -2.26. The molecule has 3 aromatic rings. The first-order valence-corrected chi connectivity index (χ1v) is 11.1. The number of nitrogens with zero attached hydrogens (tertiary/aromatic N) is 3. The maximum atomic E-state index is 11.8. The van der Waals surface area contributed by atoms with Crippen LogP contribution in [0.4, 0.5) is 0 Å². The first kappa shape index (κ1) is 19.6. The van der Waals surface area contributed by atoms with Crippen LogP contribution in [-0.2, 0) is 17.0 Å². The van der Waals surface area contributed by atoms with Gasteiger partial charge in [-0.15, -0.1) is 11.8 Å². The second kappa shape index (κ2) is 8.07. The van der Waals surface area contributed by atoms with E-state index in [-0.39, 0.29) is 5.69 Å². The summed E-state index contributed by atoms with van der Waals surface area (Å²) in [6, 6.07) is 13.9. The highest BCUT2D eigenvalue weighted by Crippen LogP contribution is 2.44. The molecule has 2 aromatic carbocycles. The van der Waals surface area contributed by atoms with Crippen molar-refractivity contribution in [3.63, 3.8) is 0 Å². The molecule has 30 heavy (non-hydrogen) atoms. The summed E-state index contributed by atoms with van der Waals surface area (Å²) in [7, 11) is 0. The Morgan fingerprint density at radius 2 is 1.93 bits per heavy atom. The van der Waals surface area contributed by atoms with Gasteiger partial charge in [-0.25, -0.2) is 9.48 Å². The molecule has 154 valence electrons. The maximum Gasteiger partial charge on any atom is 0.356 e. The van der Waals surface area contributed by atoms with Gasteiger partial charge in [0.15, 0.2) is 5.69 Å². The van der Waals surface area contributed by atoms with E-state index < -0.39 is 5.97 Å². The first-order valence-electron chi connectivity index (χ1n) is 9.77. The third kappa shape index (κ3) is 3.63. The van der Waals surface area contributed by atoms with E-state index >= 15 is 0 Å². The van der Waals surface area contributed by atoms with E-state index in [1.165, 1.54) is 5.56 Å². The van der Waals surface area contributed by atoms with Crippen LogP contribution in [-0.4, -0.2) is 52.1 Å². The fourth-order valence-corrected chi connectivity index (χ4v) is 5.28. The number of aromatic nitrogens is 2. The van der Waals surface area contributed by atoms with Crippen molar-refractivity contribution in [1.29, 1.82) is 0 Å². The van der Waals surface area contributed by atoms with Crippen LogP contribution in [0, 0.1) is 0 Å². The summed E-state index contributed by atoms with van der Waals surface area (Å²) in [6.45, 7) is 4.30. The minimum Gasteiger partial charge on any atom is -0.476 e. The zero-order chi connectivity index (χ0) is 20.7. The number of aromatic carboxylic acids is 1. The fraction of sp³-hybridized carbons (Fsp3) is 0.273. The number of rotatable bonds is 4. The lowest BCUT2D eigenvalue weighted by molar-refractivity contribution is 0.0342. The third-order valence-corrected chi connectivity index (χ3v) is 6.76. The number of carboxylic acids is 1. The predicted octanol–water partition coefficient (Wildman–Crippen LogP) is 4.33. The van der Waals surface area contributed by atoms with Crippen molar-refractivity contribution in [3.8, 4) is 16.9 Å². The van der Waals surface area contributed by atoms with Gasteiger partial charge in [0, 0.05) is 46.4 Å². The second-order valence-electron chi connectivity index (χ2n) is 7.38. The minimum atomic E-state index is -1.01. The monoisotopic (exact) mass is 441 g/mol. The van der Waals surface area contributed by atoms with E-state index in [0.29, 0.717) is 10.8 Å². The van der Waals surface area contributed by atoms with Gasteiger partial charge in [-0.05, 0) is 29.8 Å². The number of hydrogen-bond donors (Lipinski definition) is 1. The quantitative estimate of drug-likeness (QED) is 0.650. The van der Waals surface area contributed by atoms with E-state index in [2.05, 4.69) is 22.1 Å². The molecule has 1 fully saturated rings. The molecule has 1 aromatic heterocycles. The molecule has 0 radical (unpaired) electrons. The van der Waals surface area contributed by atoms with E-state index in [1.807, 2.05) is 30.3 Å². The van der Waals surface area contributed by atoms with Crippen molar-refractivity contribution < 1.29 is 14.6 Å². The van der Waals surface area contributed by atoms with Gasteiger partial charge in [-0.2, -0.15) is 5.10 Å². The lowest BCUT2D eigenvalue weighted by atomic mass is 10.1. The third-order valence-electron chi connectivity index (χ3n) is 5.45. The fourth-order valence-electron chi connectivity index (χ4n) is 3.94. The van der Waals surface area contributed by atoms with Gasteiger partial charge in [-0.3, -0.25) is 4.90 Å². The number of hydrogen-bond acceptors (Lipinski definition) is 5. The smallest absolute Gasteiger partial charge is 0.356 e. The maximum absolute atomic E-state index is 11.8.